The number of nitrogens with zero attached hydrogens (tertiary/aromatic N) is 1. The van der Waals surface area contributed by atoms with E-state index in [1.165, 1.54) is 11.3 Å². The highest BCUT2D eigenvalue weighted by Crippen LogP contribution is 2.31. The molecule has 0 N–H and O–H groups in total. The molecule has 1 aliphatic rings. The number of carbonyl (C=O) groups is 1. The first-order valence-electron chi connectivity index (χ1n) is 5.16. The summed E-state index contributed by atoms with van der Waals surface area (Å²) in [5.41, 5.74) is 0. The van der Waals surface area contributed by atoms with E-state index in [9.17, 15) is 4.79 Å². The molecular formula is C11H14BrNOS2. The zero-order valence-corrected chi connectivity index (χ0v) is 12.5. The van der Waals surface area contributed by atoms with Crippen LogP contribution in [0.4, 0.5) is 0 Å². The molecule has 2 nitrogen and oxygen atoms in total. The van der Waals surface area contributed by atoms with Gasteiger partial charge < -0.3 is 4.90 Å². The minimum atomic E-state index is 0.170. The Labute approximate surface area is 113 Å². The minimum absolute atomic E-state index is 0.170. The smallest absolute Gasteiger partial charge is 0.264 e. The van der Waals surface area contributed by atoms with Gasteiger partial charge in [0.2, 0.25) is 0 Å². The van der Waals surface area contributed by atoms with Gasteiger partial charge in [-0.3, -0.25) is 4.79 Å². The maximum Gasteiger partial charge on any atom is 0.264 e. The summed E-state index contributed by atoms with van der Waals surface area (Å²) in [5, 5.41) is 0. The predicted octanol–water partition coefficient (Wildman–Crippen LogP) is 3.48. The van der Waals surface area contributed by atoms with E-state index in [1.807, 2.05) is 28.8 Å². The third-order valence-corrected chi connectivity index (χ3v) is 5.41. The van der Waals surface area contributed by atoms with Gasteiger partial charge in [-0.25, -0.2) is 0 Å². The van der Waals surface area contributed by atoms with Gasteiger partial charge in [0.15, 0.2) is 0 Å². The van der Waals surface area contributed by atoms with Crippen LogP contribution in [0, 0.1) is 0 Å². The third-order valence-electron chi connectivity index (χ3n) is 2.50. The summed E-state index contributed by atoms with van der Waals surface area (Å²) in [6.45, 7) is 6.09. The Morgan fingerprint density at radius 2 is 2.25 bits per heavy atom. The van der Waals surface area contributed by atoms with Crippen LogP contribution in [0.5, 0.6) is 0 Å². The zero-order chi connectivity index (χ0) is 11.8. The topological polar surface area (TPSA) is 20.3 Å². The lowest BCUT2D eigenvalue weighted by atomic mass is 10.2. The van der Waals surface area contributed by atoms with Crippen molar-refractivity contribution in [1.29, 1.82) is 0 Å². The van der Waals surface area contributed by atoms with Crippen LogP contribution in [0.2, 0.25) is 0 Å². The highest BCUT2D eigenvalue weighted by molar-refractivity contribution is 9.11. The summed E-state index contributed by atoms with van der Waals surface area (Å²) in [7, 11) is 0. The summed E-state index contributed by atoms with van der Waals surface area (Å²) in [6.07, 6.45) is 0. The van der Waals surface area contributed by atoms with Crippen molar-refractivity contribution in [3.05, 3.63) is 20.8 Å². The van der Waals surface area contributed by atoms with Crippen molar-refractivity contribution in [2.75, 3.05) is 18.8 Å². The second kappa shape index (κ2) is 4.70. The van der Waals surface area contributed by atoms with Gasteiger partial charge in [0.1, 0.15) is 0 Å². The molecule has 1 aromatic rings. The minimum Gasteiger partial charge on any atom is -0.336 e. The second-order valence-corrected chi connectivity index (χ2v) is 8.70. The van der Waals surface area contributed by atoms with Crippen molar-refractivity contribution in [1.82, 2.24) is 4.90 Å². The van der Waals surface area contributed by atoms with Crippen molar-refractivity contribution in [3.63, 3.8) is 0 Å². The van der Waals surface area contributed by atoms with Gasteiger partial charge in [0.25, 0.3) is 5.91 Å². The lowest BCUT2D eigenvalue weighted by molar-refractivity contribution is 0.0753. The Kier molecular flexibility index (Phi) is 3.66. The molecule has 0 unspecified atom stereocenters. The molecule has 0 spiro atoms. The molecular weight excluding hydrogens is 306 g/mol. The summed E-state index contributed by atoms with van der Waals surface area (Å²) in [6, 6.07) is 3.83. The first kappa shape index (κ1) is 12.5. The van der Waals surface area contributed by atoms with Gasteiger partial charge in [-0.1, -0.05) is 0 Å². The van der Waals surface area contributed by atoms with Crippen LogP contribution in [0.15, 0.2) is 15.9 Å². The Morgan fingerprint density at radius 3 is 2.81 bits per heavy atom. The maximum absolute atomic E-state index is 12.2. The van der Waals surface area contributed by atoms with Gasteiger partial charge in [-0.05, 0) is 41.9 Å². The number of hydrogen-bond donors (Lipinski definition) is 0. The van der Waals surface area contributed by atoms with Crippen LogP contribution >= 0.6 is 39.0 Å². The average molecular weight is 320 g/mol. The Hall–Kier alpha value is -0.000000000000000111. The molecule has 0 aromatic carbocycles. The highest BCUT2D eigenvalue weighted by atomic mass is 79.9. The second-order valence-electron chi connectivity index (χ2n) is 4.44. The summed E-state index contributed by atoms with van der Waals surface area (Å²) in [5.74, 6) is 1.20. The number of thioether (sulfide) groups is 1. The Morgan fingerprint density at radius 1 is 1.50 bits per heavy atom. The van der Waals surface area contributed by atoms with Crippen molar-refractivity contribution in [3.8, 4) is 0 Å². The fraction of sp³-hybridized carbons (Fsp3) is 0.545. The van der Waals surface area contributed by atoms with Gasteiger partial charge in [-0.2, -0.15) is 11.8 Å². The van der Waals surface area contributed by atoms with Crippen LogP contribution < -0.4 is 0 Å². The number of amides is 1. The molecule has 2 heterocycles. The quantitative estimate of drug-likeness (QED) is 0.790. The van der Waals surface area contributed by atoms with Gasteiger partial charge in [0, 0.05) is 23.6 Å². The van der Waals surface area contributed by atoms with Crippen molar-refractivity contribution >= 4 is 44.9 Å². The Bertz CT molecular complexity index is 402. The molecule has 1 aliphatic heterocycles. The molecule has 1 aromatic heterocycles. The number of hydrogen-bond acceptors (Lipinski definition) is 3. The first-order valence-corrected chi connectivity index (χ1v) is 7.76. The van der Waals surface area contributed by atoms with E-state index in [0.717, 1.165) is 27.5 Å². The van der Waals surface area contributed by atoms with Crippen LogP contribution in [0.1, 0.15) is 23.5 Å². The van der Waals surface area contributed by atoms with Gasteiger partial charge in [-0.15, -0.1) is 11.3 Å². The van der Waals surface area contributed by atoms with Crippen molar-refractivity contribution in [2.45, 2.75) is 18.6 Å². The number of halogens is 1. The normalized spacial score (nSPS) is 19.8. The van der Waals surface area contributed by atoms with Crippen LogP contribution in [-0.2, 0) is 0 Å². The molecule has 0 atom stereocenters. The molecule has 0 radical (unpaired) electrons. The standard InChI is InChI=1S/C11H14BrNOS2/c1-11(2)7-13(5-6-15-11)10(14)8-3-4-9(12)16-8/h3-4H,5-7H2,1-2H3. The zero-order valence-electron chi connectivity index (χ0n) is 9.33. The largest absolute Gasteiger partial charge is 0.336 e. The van der Waals surface area contributed by atoms with E-state index in [-0.39, 0.29) is 10.7 Å². The SMILES string of the molecule is CC1(C)CN(C(=O)c2ccc(Br)s2)CCS1. The Balaban J connectivity index is 2.10. The fourth-order valence-electron chi connectivity index (χ4n) is 1.77. The summed E-state index contributed by atoms with van der Waals surface area (Å²) in [4.78, 5) is 15.0. The van der Waals surface area contributed by atoms with E-state index < -0.39 is 0 Å². The number of thiophene rings is 1. The van der Waals surface area contributed by atoms with Crippen LogP contribution in [0.3, 0.4) is 0 Å². The molecule has 16 heavy (non-hydrogen) atoms. The highest BCUT2D eigenvalue weighted by Gasteiger charge is 2.30. The van der Waals surface area contributed by atoms with E-state index in [0.29, 0.717) is 0 Å². The molecule has 1 amide bonds. The van der Waals surface area contributed by atoms with Crippen molar-refractivity contribution in [2.24, 2.45) is 0 Å². The molecule has 0 saturated carbocycles. The molecule has 88 valence electrons. The number of carbonyl (C=O) groups excluding carboxylic acids is 1. The van der Waals surface area contributed by atoms with Gasteiger partial charge in [0.05, 0.1) is 8.66 Å². The lowest BCUT2D eigenvalue weighted by Crippen LogP contribution is -2.45. The molecule has 0 bridgehead atoms. The molecule has 0 aliphatic carbocycles. The van der Waals surface area contributed by atoms with Crippen LogP contribution in [0.25, 0.3) is 0 Å². The summed E-state index contributed by atoms with van der Waals surface area (Å²) >= 11 is 6.84. The molecule has 5 heteroatoms. The van der Waals surface area contributed by atoms with E-state index in [4.69, 9.17) is 0 Å². The predicted molar refractivity (Wildman–Crippen MR) is 74.5 cm³/mol. The van der Waals surface area contributed by atoms with E-state index in [1.54, 1.807) is 0 Å². The summed E-state index contributed by atoms with van der Waals surface area (Å²) < 4.78 is 1.20. The van der Waals surface area contributed by atoms with Crippen LogP contribution in [-0.4, -0.2) is 34.4 Å². The fourth-order valence-corrected chi connectivity index (χ4v) is 4.24. The third kappa shape index (κ3) is 2.81. The lowest BCUT2D eigenvalue weighted by Gasteiger charge is -2.37. The van der Waals surface area contributed by atoms with Gasteiger partial charge >= 0.3 is 0 Å². The molecule has 2 rings (SSSR count). The van der Waals surface area contributed by atoms with E-state index in [2.05, 4.69) is 29.8 Å². The first-order chi connectivity index (χ1) is 7.48. The molecule has 1 saturated heterocycles. The maximum atomic E-state index is 12.2. The van der Waals surface area contributed by atoms with E-state index >= 15 is 0 Å². The monoisotopic (exact) mass is 319 g/mol. The van der Waals surface area contributed by atoms with Crippen molar-refractivity contribution < 1.29 is 4.79 Å². The average Bonchev–Trinajstić information content (AvgIpc) is 2.62. The molecule has 1 fully saturated rings. The number of rotatable bonds is 1.